The number of rotatable bonds is 5. The molecule has 2 rings (SSSR count). The maximum atomic E-state index is 11.9. The highest BCUT2D eigenvalue weighted by Gasteiger charge is 2.25. The van der Waals surface area contributed by atoms with E-state index in [1.165, 1.54) is 25.7 Å². The summed E-state index contributed by atoms with van der Waals surface area (Å²) in [7, 11) is 0. The number of benzene rings is 1. The van der Waals surface area contributed by atoms with E-state index in [9.17, 15) is 4.79 Å². The molecule has 0 atom stereocenters. The highest BCUT2D eigenvalue weighted by molar-refractivity contribution is 5.65. The third-order valence-corrected chi connectivity index (χ3v) is 4.69. The molecular weight excluding hydrogens is 288 g/mol. The third kappa shape index (κ3) is 5.42. The normalized spacial score (nSPS) is 17.4. The Labute approximate surface area is 139 Å². The lowest BCUT2D eigenvalue weighted by atomic mass is 9.88. The fourth-order valence-electron chi connectivity index (χ4n) is 2.74. The highest BCUT2D eigenvalue weighted by atomic mass is 16.7. The van der Waals surface area contributed by atoms with Crippen LogP contribution in [0.2, 0.25) is 0 Å². The van der Waals surface area contributed by atoms with Crippen molar-refractivity contribution in [1.29, 1.82) is 0 Å². The SMILES string of the molecule is CCC(C)(C)OC(=O)Oc1cccc(C=CC2(C)CCCC2)c1. The van der Waals surface area contributed by atoms with Crippen LogP contribution in [0.25, 0.3) is 6.08 Å². The van der Waals surface area contributed by atoms with Gasteiger partial charge >= 0.3 is 6.16 Å². The van der Waals surface area contributed by atoms with Gasteiger partial charge in [-0.25, -0.2) is 4.79 Å². The molecule has 0 N–H and O–H groups in total. The molecule has 3 heteroatoms. The Balaban J connectivity index is 1.99. The maximum absolute atomic E-state index is 11.9. The Bertz CT molecular complexity index is 566. The molecule has 1 fully saturated rings. The first-order chi connectivity index (χ1) is 10.8. The molecule has 23 heavy (non-hydrogen) atoms. The summed E-state index contributed by atoms with van der Waals surface area (Å²) in [5, 5.41) is 0. The summed E-state index contributed by atoms with van der Waals surface area (Å²) in [6.07, 6.45) is 9.61. The van der Waals surface area contributed by atoms with Gasteiger partial charge in [0.25, 0.3) is 0 Å². The van der Waals surface area contributed by atoms with Crippen molar-refractivity contribution in [3.05, 3.63) is 35.9 Å². The molecule has 0 aromatic heterocycles. The van der Waals surface area contributed by atoms with Crippen molar-refractivity contribution >= 4 is 12.2 Å². The van der Waals surface area contributed by atoms with E-state index in [4.69, 9.17) is 9.47 Å². The molecule has 1 aromatic carbocycles. The van der Waals surface area contributed by atoms with Crippen LogP contribution >= 0.6 is 0 Å². The van der Waals surface area contributed by atoms with Gasteiger partial charge in [-0.2, -0.15) is 0 Å². The van der Waals surface area contributed by atoms with Crippen molar-refractivity contribution in [3.8, 4) is 5.75 Å². The minimum Gasteiger partial charge on any atom is -0.428 e. The van der Waals surface area contributed by atoms with Crippen LogP contribution in [0.3, 0.4) is 0 Å². The van der Waals surface area contributed by atoms with Crippen LogP contribution in [0.15, 0.2) is 30.3 Å². The lowest BCUT2D eigenvalue weighted by molar-refractivity contribution is 0.00706. The van der Waals surface area contributed by atoms with Crippen molar-refractivity contribution in [1.82, 2.24) is 0 Å². The van der Waals surface area contributed by atoms with E-state index in [0.29, 0.717) is 11.2 Å². The molecule has 0 amide bonds. The van der Waals surface area contributed by atoms with Gasteiger partial charge in [-0.3, -0.25) is 0 Å². The van der Waals surface area contributed by atoms with Gasteiger partial charge in [-0.15, -0.1) is 0 Å². The van der Waals surface area contributed by atoms with Crippen molar-refractivity contribution in [2.75, 3.05) is 0 Å². The van der Waals surface area contributed by atoms with Crippen LogP contribution in [-0.4, -0.2) is 11.8 Å². The summed E-state index contributed by atoms with van der Waals surface area (Å²) >= 11 is 0. The second kappa shape index (κ2) is 7.20. The van der Waals surface area contributed by atoms with Crippen LogP contribution in [-0.2, 0) is 4.74 Å². The summed E-state index contributed by atoms with van der Waals surface area (Å²) in [6, 6.07) is 7.55. The zero-order valence-corrected chi connectivity index (χ0v) is 14.7. The highest BCUT2D eigenvalue weighted by Crippen LogP contribution is 2.39. The van der Waals surface area contributed by atoms with Crippen LogP contribution in [0.1, 0.15) is 65.4 Å². The van der Waals surface area contributed by atoms with Crippen molar-refractivity contribution < 1.29 is 14.3 Å². The Hall–Kier alpha value is -1.77. The summed E-state index contributed by atoms with van der Waals surface area (Å²) < 4.78 is 10.6. The Morgan fingerprint density at radius 1 is 1.30 bits per heavy atom. The van der Waals surface area contributed by atoms with Gasteiger partial charge in [-0.1, -0.05) is 51.0 Å². The molecular formula is C20H28O3. The lowest BCUT2D eigenvalue weighted by Gasteiger charge is -2.22. The molecule has 1 aromatic rings. The van der Waals surface area contributed by atoms with E-state index >= 15 is 0 Å². The van der Waals surface area contributed by atoms with E-state index in [2.05, 4.69) is 19.1 Å². The number of hydrogen-bond acceptors (Lipinski definition) is 3. The fourth-order valence-corrected chi connectivity index (χ4v) is 2.74. The zero-order valence-electron chi connectivity index (χ0n) is 14.7. The molecule has 0 radical (unpaired) electrons. The van der Waals surface area contributed by atoms with Crippen LogP contribution in [0, 0.1) is 5.41 Å². The fraction of sp³-hybridized carbons (Fsp3) is 0.550. The molecule has 3 nitrogen and oxygen atoms in total. The topological polar surface area (TPSA) is 35.5 Å². The van der Waals surface area contributed by atoms with Gasteiger partial charge in [0.15, 0.2) is 0 Å². The van der Waals surface area contributed by atoms with Gasteiger partial charge in [-0.05, 0) is 56.2 Å². The van der Waals surface area contributed by atoms with Crippen molar-refractivity contribution in [3.63, 3.8) is 0 Å². The van der Waals surface area contributed by atoms with E-state index in [1.54, 1.807) is 6.07 Å². The number of hydrogen-bond donors (Lipinski definition) is 0. The maximum Gasteiger partial charge on any atom is 0.514 e. The summed E-state index contributed by atoms with van der Waals surface area (Å²) in [6.45, 7) is 8.02. The molecule has 126 valence electrons. The van der Waals surface area contributed by atoms with E-state index in [-0.39, 0.29) is 0 Å². The van der Waals surface area contributed by atoms with Crippen LogP contribution < -0.4 is 4.74 Å². The third-order valence-electron chi connectivity index (χ3n) is 4.69. The van der Waals surface area contributed by atoms with Gasteiger partial charge in [0.2, 0.25) is 0 Å². The van der Waals surface area contributed by atoms with Crippen molar-refractivity contribution in [2.45, 2.75) is 65.4 Å². The summed E-state index contributed by atoms with van der Waals surface area (Å²) in [5.74, 6) is 0.514. The quantitative estimate of drug-likeness (QED) is 0.495. The Kier molecular flexibility index (Phi) is 5.51. The lowest BCUT2D eigenvalue weighted by Crippen LogP contribution is -2.28. The largest absolute Gasteiger partial charge is 0.514 e. The second-order valence-electron chi connectivity index (χ2n) is 7.33. The second-order valence-corrected chi connectivity index (χ2v) is 7.33. The van der Waals surface area contributed by atoms with Gasteiger partial charge < -0.3 is 9.47 Å². The number of carbonyl (C=O) groups is 1. The minimum atomic E-state index is -0.652. The van der Waals surface area contributed by atoms with E-state index in [0.717, 1.165) is 12.0 Å². The molecule has 0 saturated heterocycles. The van der Waals surface area contributed by atoms with Crippen LogP contribution in [0.4, 0.5) is 4.79 Å². The molecule has 1 aliphatic carbocycles. The van der Waals surface area contributed by atoms with Gasteiger partial charge in [0, 0.05) is 0 Å². The molecule has 0 bridgehead atoms. The summed E-state index contributed by atoms with van der Waals surface area (Å²) in [4.78, 5) is 11.9. The van der Waals surface area contributed by atoms with Crippen molar-refractivity contribution in [2.24, 2.45) is 5.41 Å². The average Bonchev–Trinajstić information content (AvgIpc) is 2.92. The molecule has 1 saturated carbocycles. The van der Waals surface area contributed by atoms with Gasteiger partial charge in [0.05, 0.1) is 0 Å². The van der Waals surface area contributed by atoms with E-state index < -0.39 is 11.8 Å². The zero-order chi connectivity index (χ0) is 16.9. The van der Waals surface area contributed by atoms with Crippen LogP contribution in [0.5, 0.6) is 5.75 Å². The summed E-state index contributed by atoms with van der Waals surface area (Å²) in [5.41, 5.74) is 0.838. The molecule has 0 unspecified atom stereocenters. The first-order valence-corrected chi connectivity index (χ1v) is 8.52. The van der Waals surface area contributed by atoms with Gasteiger partial charge in [0.1, 0.15) is 11.4 Å². The predicted octanol–water partition coefficient (Wildman–Crippen LogP) is 5.98. The smallest absolute Gasteiger partial charge is 0.428 e. The molecule has 0 spiro atoms. The monoisotopic (exact) mass is 316 g/mol. The molecule has 0 heterocycles. The Morgan fingerprint density at radius 2 is 2.00 bits per heavy atom. The first kappa shape index (κ1) is 17.6. The standard InChI is InChI=1S/C20H28O3/c1-5-19(2,3)23-18(21)22-17-10-8-9-16(15-17)11-14-20(4)12-6-7-13-20/h8-11,14-15H,5-7,12-13H2,1-4H3. The minimum absolute atomic E-state index is 0.306. The predicted molar refractivity (Wildman–Crippen MR) is 93.5 cm³/mol. The molecule has 0 aliphatic heterocycles. The first-order valence-electron chi connectivity index (χ1n) is 8.52. The van der Waals surface area contributed by atoms with E-state index in [1.807, 2.05) is 39.0 Å². The number of ether oxygens (including phenoxy) is 2. The Morgan fingerprint density at radius 3 is 2.65 bits per heavy atom. The number of allylic oxidation sites excluding steroid dienone is 1. The average molecular weight is 316 g/mol. The number of carbonyl (C=O) groups excluding carboxylic acids is 1. The molecule has 1 aliphatic rings.